The van der Waals surface area contributed by atoms with Crippen LogP contribution in [-0.4, -0.2) is 28.2 Å². The van der Waals surface area contributed by atoms with E-state index in [-0.39, 0.29) is 17.6 Å². The highest BCUT2D eigenvalue weighted by Gasteiger charge is 2.64. The average molecular weight is 1530 g/mol. The van der Waals surface area contributed by atoms with Gasteiger partial charge in [0.1, 0.15) is 5.78 Å². The number of ketones is 1. The summed E-state index contributed by atoms with van der Waals surface area (Å²) in [5.74, 6) is 18.6. The lowest BCUT2D eigenvalue weighted by Crippen LogP contribution is -2.51. The number of rotatable bonds is 17. The van der Waals surface area contributed by atoms with Crippen LogP contribution in [0.25, 0.3) is 0 Å². The molecule has 3 nitrogen and oxygen atoms in total. The summed E-state index contributed by atoms with van der Waals surface area (Å²) in [5.41, 5.74) is 16.6. The zero-order valence-corrected chi connectivity index (χ0v) is 76.8. The van der Waals surface area contributed by atoms with E-state index in [1.807, 2.05) is 11.1 Å². The van der Waals surface area contributed by atoms with Gasteiger partial charge in [0.2, 0.25) is 0 Å². The lowest BCUT2D eigenvalue weighted by atomic mass is 9.46. The normalized spacial score (nSPS) is 45.5. The topological polar surface area (TPSA) is 57.5 Å². The van der Waals surface area contributed by atoms with Crippen LogP contribution in [0.5, 0.6) is 0 Å². The Bertz CT molecular complexity index is 3380. The Kier molecular flexibility index (Phi) is 27.2. The third-order valence-corrected chi connectivity index (χ3v) is 39.8. The molecule has 0 aromatic rings. The molecule has 16 aliphatic carbocycles. The van der Waals surface area contributed by atoms with E-state index in [9.17, 15) is 15.0 Å². The molecular formula is C109H176O3. The third kappa shape index (κ3) is 16.8. The molecule has 0 aromatic carbocycles. The van der Waals surface area contributed by atoms with E-state index in [0.717, 1.165) is 164 Å². The Hall–Kier alpha value is -2.49. The number of carbonyl (C=O) groups is 1. The van der Waals surface area contributed by atoms with Crippen LogP contribution < -0.4 is 0 Å². The smallest absolute Gasteiger partial charge is 0.136 e. The lowest BCUT2D eigenvalue weighted by molar-refractivity contribution is -0.129. The van der Waals surface area contributed by atoms with E-state index < -0.39 is 0 Å². The highest BCUT2D eigenvalue weighted by atomic mass is 16.3. The van der Waals surface area contributed by atoms with Crippen LogP contribution in [0.2, 0.25) is 0 Å². The summed E-state index contributed by atoms with van der Waals surface area (Å²) in [5, 5.41) is 20.4. The predicted molar refractivity (Wildman–Crippen MR) is 478 cm³/mol. The molecule has 12 fully saturated rings. The first-order valence-electron chi connectivity index (χ1n) is 49.3. The fourth-order valence-corrected chi connectivity index (χ4v) is 33.4. The van der Waals surface area contributed by atoms with E-state index in [1.165, 1.54) is 229 Å². The molecule has 30 atom stereocenters. The van der Waals surface area contributed by atoms with Crippen LogP contribution in [-0.2, 0) is 4.79 Å². The molecule has 16 rings (SSSR count). The first-order chi connectivity index (χ1) is 53.0. The highest BCUT2D eigenvalue weighted by molar-refractivity contribution is 5.82. The molecule has 0 radical (unpaired) electrons. The third-order valence-electron chi connectivity index (χ3n) is 39.8. The summed E-state index contributed by atoms with van der Waals surface area (Å²) in [4.78, 5) is 13.1. The molecule has 16 aliphatic rings. The second-order valence-electron chi connectivity index (χ2n) is 47.2. The van der Waals surface area contributed by atoms with Crippen LogP contribution in [0.3, 0.4) is 0 Å². The molecule has 0 heterocycles. The van der Waals surface area contributed by atoms with Gasteiger partial charge in [-0.25, -0.2) is 0 Å². The lowest BCUT2D eigenvalue weighted by Gasteiger charge is -2.58. The van der Waals surface area contributed by atoms with Gasteiger partial charge in [-0.15, -0.1) is 0 Å². The maximum absolute atomic E-state index is 13.1. The van der Waals surface area contributed by atoms with Crippen LogP contribution in [0.15, 0.2) is 93.7 Å². The van der Waals surface area contributed by atoms with E-state index in [2.05, 4.69) is 188 Å². The quantitative estimate of drug-likeness (QED) is 0.143. The Morgan fingerprint density at radius 2 is 0.723 bits per heavy atom. The molecule has 0 amide bonds. The molecule has 2 N–H and O–H groups in total. The van der Waals surface area contributed by atoms with Gasteiger partial charge < -0.3 is 10.2 Å². The molecule has 12 saturated carbocycles. The van der Waals surface area contributed by atoms with Gasteiger partial charge in [-0.1, -0.05) is 197 Å². The molecular weight excluding hydrogens is 1360 g/mol. The summed E-state index contributed by atoms with van der Waals surface area (Å²) in [7, 11) is 0. The summed E-state index contributed by atoms with van der Waals surface area (Å²) in [6, 6.07) is 0. The monoisotopic (exact) mass is 1530 g/mol. The van der Waals surface area contributed by atoms with Crippen molar-refractivity contribution >= 4 is 5.78 Å². The van der Waals surface area contributed by atoms with Gasteiger partial charge in [0.25, 0.3) is 0 Å². The number of Topliss-reactive ketones (excluding diaryl/α,β-unsaturated/α-hetero) is 1. The van der Waals surface area contributed by atoms with Gasteiger partial charge >= 0.3 is 0 Å². The SMILES string of the molecule is C=C(CCC=C(C)C)C1CCC2C3CC=C4C[C@@H](C)CC[C@]4(C)C3CC[C@]12C.CC(C)=CCC[C@@H](C)C1CCC2C3CC=C4C[C@@H](C)CC[C@]4(C)C3CC[C@@]21C.CC(C)=CCC[C@@H](C)C1CCC2C3CC=C4C[C@@H](O)CC[C@]4(C)C3CC[C@@]21C.CC(C)CCCC(=O)C1CCC2C3CC=C4C[C@@H](O)CC[C@]4(C)C3CC[C@]12C. The minimum absolute atomic E-state index is 0.0813. The van der Waals surface area contributed by atoms with Gasteiger partial charge in [-0.2, -0.15) is 0 Å². The molecule has 0 spiro atoms. The summed E-state index contributed by atoms with van der Waals surface area (Å²) in [6.45, 7) is 53.5. The van der Waals surface area contributed by atoms with Crippen LogP contribution >= 0.6 is 0 Å². The second-order valence-corrected chi connectivity index (χ2v) is 47.2. The van der Waals surface area contributed by atoms with Gasteiger partial charge in [0, 0.05) is 12.3 Å². The van der Waals surface area contributed by atoms with Crippen molar-refractivity contribution in [3.63, 3.8) is 0 Å². The zero-order valence-electron chi connectivity index (χ0n) is 76.8. The fraction of sp³-hybridized carbons (Fsp3) is 0.844. The van der Waals surface area contributed by atoms with E-state index in [0.29, 0.717) is 55.5 Å². The molecule has 3 heteroatoms. The summed E-state index contributed by atoms with van der Waals surface area (Å²) >= 11 is 0. The van der Waals surface area contributed by atoms with Crippen molar-refractivity contribution in [1.29, 1.82) is 0 Å². The summed E-state index contributed by atoms with van der Waals surface area (Å²) in [6.07, 6.45) is 71.0. The highest BCUT2D eigenvalue weighted by Crippen LogP contribution is 2.73. The van der Waals surface area contributed by atoms with Crippen LogP contribution in [0.4, 0.5) is 0 Å². The Morgan fingerprint density at radius 3 is 1.11 bits per heavy atom. The zero-order chi connectivity index (χ0) is 80.4. The van der Waals surface area contributed by atoms with Gasteiger partial charge in [0.15, 0.2) is 0 Å². The number of carbonyl (C=O) groups excluding carboxylic acids is 1. The Morgan fingerprint density at radius 1 is 0.393 bits per heavy atom. The first kappa shape index (κ1) is 87.3. The van der Waals surface area contributed by atoms with Crippen molar-refractivity contribution in [3.8, 4) is 0 Å². The molecule has 0 saturated heterocycles. The fourth-order valence-electron chi connectivity index (χ4n) is 33.4. The molecule has 0 aromatic heterocycles. The largest absolute Gasteiger partial charge is 0.393 e. The number of aliphatic hydroxyl groups excluding tert-OH is 2. The van der Waals surface area contributed by atoms with Gasteiger partial charge in [0.05, 0.1) is 12.2 Å². The average Bonchev–Trinajstić information content (AvgIpc) is 1.48. The van der Waals surface area contributed by atoms with Crippen molar-refractivity contribution in [2.45, 2.75) is 414 Å². The number of allylic oxidation sites excluding steroid dienone is 13. The van der Waals surface area contributed by atoms with Crippen molar-refractivity contribution in [2.24, 2.45) is 168 Å². The minimum atomic E-state index is -0.121. The first-order valence-corrected chi connectivity index (χ1v) is 49.3. The number of hydrogen-bond donors (Lipinski definition) is 2. The Balaban J connectivity index is 0.000000131. The van der Waals surface area contributed by atoms with Gasteiger partial charge in [-0.3, -0.25) is 4.79 Å². The van der Waals surface area contributed by atoms with Crippen molar-refractivity contribution in [3.05, 3.63) is 93.7 Å². The number of aliphatic hydroxyl groups is 2. The van der Waals surface area contributed by atoms with Crippen molar-refractivity contribution in [2.75, 3.05) is 0 Å². The molecule has 16 unspecified atom stereocenters. The van der Waals surface area contributed by atoms with Crippen LogP contribution in [0.1, 0.15) is 402 Å². The van der Waals surface area contributed by atoms with Crippen molar-refractivity contribution in [1.82, 2.24) is 0 Å². The maximum atomic E-state index is 13.1. The Labute approximate surface area is 691 Å². The summed E-state index contributed by atoms with van der Waals surface area (Å²) < 4.78 is 0. The maximum Gasteiger partial charge on any atom is 0.136 e. The standard InChI is InChI=1S/C28H46.C28H44.C27H44O.C26H42O2/c2*1-19(2)8-7-9-21(4)24-12-13-25-23-11-10-22-18-20(3)14-16-27(22,5)26(23)15-17-28(24,25)6;1-18(2)7-6-8-19(3)23-11-12-24-22-10-9-20-17-21(28)13-15-26(20,4)25(22)14-16-27(23,24)5;1-17(2)6-5-7-24(28)23-11-10-21-20-9-8-18-16-19(27)12-14-25(18,3)22(20)13-15-26(21,23)4/h8,10,20-21,23-26H,7,9,11-18H2,1-6H3;8,10,20,23-26H,4,7,9,11-18H2,1-3,5-6H3;7,9,19,21-25,28H,6,8,10-17H2,1-5H3;8,17,19-23,27H,5-7,9-16H2,1-4H3/t20-,21+,23?,24?,25?,26?,27-,28+;20-,23?,24?,25?,26?,27-,28+;19-,21+,22?,23?,24?,25?,26+,27-;19-,20?,21?,22?,23?,25-,26-/m0010/s1. The molecule has 0 aliphatic heterocycles. The second kappa shape index (κ2) is 34.9. The number of hydrogen-bond acceptors (Lipinski definition) is 3. The van der Waals surface area contributed by atoms with Crippen molar-refractivity contribution < 1.29 is 15.0 Å². The van der Waals surface area contributed by atoms with E-state index in [4.69, 9.17) is 0 Å². The molecule has 630 valence electrons. The molecule has 0 bridgehead atoms. The predicted octanol–water partition coefficient (Wildman–Crippen LogP) is 30.7. The van der Waals surface area contributed by atoms with Crippen LogP contribution in [0, 0.1) is 168 Å². The van der Waals surface area contributed by atoms with E-state index >= 15 is 0 Å². The number of fused-ring (bicyclic) bond motifs is 20. The molecule has 112 heavy (non-hydrogen) atoms. The van der Waals surface area contributed by atoms with Gasteiger partial charge in [-0.05, 0) is 454 Å². The van der Waals surface area contributed by atoms with E-state index in [1.54, 1.807) is 16.7 Å². The minimum Gasteiger partial charge on any atom is -0.393 e.